The number of phenols is 1. The Morgan fingerprint density at radius 3 is 2.53 bits per heavy atom. The number of hydrogen-bond acceptors (Lipinski definition) is 3. The van der Waals surface area contributed by atoms with E-state index in [0.29, 0.717) is 12.2 Å². The van der Waals surface area contributed by atoms with Crippen molar-refractivity contribution < 1.29 is 14.6 Å². The van der Waals surface area contributed by atoms with Gasteiger partial charge in [0.15, 0.2) is 0 Å². The van der Waals surface area contributed by atoms with E-state index in [-0.39, 0.29) is 11.7 Å². The third-order valence-electron chi connectivity index (χ3n) is 2.05. The Balaban J connectivity index is 2.34. The molecule has 0 unspecified atom stereocenters. The number of phenolic OH excluding ortho intramolecular Hbond substituents is 1. The summed E-state index contributed by atoms with van der Waals surface area (Å²) in [5, 5.41) is 9.02. The molecular formula is C12H16O3. The van der Waals surface area contributed by atoms with Crippen LogP contribution in [0.1, 0.15) is 32.6 Å². The van der Waals surface area contributed by atoms with Crippen molar-refractivity contribution in [1.29, 1.82) is 0 Å². The Morgan fingerprint density at radius 2 is 1.93 bits per heavy atom. The first-order valence-electron chi connectivity index (χ1n) is 5.22. The number of hydrogen-bond donors (Lipinski definition) is 1. The van der Waals surface area contributed by atoms with Gasteiger partial charge in [0.25, 0.3) is 0 Å². The van der Waals surface area contributed by atoms with E-state index in [2.05, 4.69) is 6.92 Å². The summed E-state index contributed by atoms with van der Waals surface area (Å²) in [6.07, 6.45) is 3.46. The third kappa shape index (κ3) is 4.49. The highest BCUT2D eigenvalue weighted by atomic mass is 16.5. The van der Waals surface area contributed by atoms with E-state index in [9.17, 15) is 4.79 Å². The van der Waals surface area contributed by atoms with Gasteiger partial charge >= 0.3 is 5.97 Å². The second kappa shape index (κ2) is 6.06. The van der Waals surface area contributed by atoms with E-state index >= 15 is 0 Å². The molecule has 0 spiro atoms. The maximum absolute atomic E-state index is 11.3. The molecule has 1 aromatic carbocycles. The molecule has 0 amide bonds. The lowest BCUT2D eigenvalue weighted by Crippen LogP contribution is -2.07. The number of ether oxygens (including phenoxy) is 1. The van der Waals surface area contributed by atoms with Gasteiger partial charge in [-0.1, -0.05) is 19.8 Å². The lowest BCUT2D eigenvalue weighted by molar-refractivity contribution is -0.134. The molecule has 0 heterocycles. The van der Waals surface area contributed by atoms with Crippen LogP contribution >= 0.6 is 0 Å². The molecule has 0 aliphatic heterocycles. The van der Waals surface area contributed by atoms with Crippen LogP contribution in [-0.4, -0.2) is 11.1 Å². The molecule has 1 N–H and O–H groups in total. The van der Waals surface area contributed by atoms with Crippen molar-refractivity contribution in [2.24, 2.45) is 0 Å². The van der Waals surface area contributed by atoms with Crippen LogP contribution in [0.25, 0.3) is 0 Å². The lowest BCUT2D eigenvalue weighted by Gasteiger charge is -2.03. The second-order valence-corrected chi connectivity index (χ2v) is 3.43. The predicted octanol–water partition coefficient (Wildman–Crippen LogP) is 2.88. The van der Waals surface area contributed by atoms with Crippen LogP contribution in [0.3, 0.4) is 0 Å². The van der Waals surface area contributed by atoms with Crippen molar-refractivity contribution in [1.82, 2.24) is 0 Å². The molecule has 0 bridgehead atoms. The summed E-state index contributed by atoms with van der Waals surface area (Å²) in [6.45, 7) is 2.09. The van der Waals surface area contributed by atoms with Crippen molar-refractivity contribution in [3.63, 3.8) is 0 Å². The van der Waals surface area contributed by atoms with Gasteiger partial charge in [0.1, 0.15) is 11.5 Å². The largest absolute Gasteiger partial charge is 0.508 e. The molecular weight excluding hydrogens is 192 g/mol. The first-order chi connectivity index (χ1) is 7.22. The van der Waals surface area contributed by atoms with Crippen LogP contribution in [0.5, 0.6) is 11.5 Å². The predicted molar refractivity (Wildman–Crippen MR) is 57.9 cm³/mol. The molecule has 0 fully saturated rings. The molecule has 3 nitrogen and oxygen atoms in total. The fraction of sp³-hybridized carbons (Fsp3) is 0.417. The van der Waals surface area contributed by atoms with Crippen molar-refractivity contribution >= 4 is 5.97 Å². The summed E-state index contributed by atoms with van der Waals surface area (Å²) in [5.74, 6) is 0.434. The van der Waals surface area contributed by atoms with Crippen molar-refractivity contribution in [2.45, 2.75) is 32.6 Å². The first-order valence-corrected chi connectivity index (χ1v) is 5.22. The zero-order chi connectivity index (χ0) is 11.1. The number of unbranched alkanes of at least 4 members (excludes halogenated alkanes) is 2. The van der Waals surface area contributed by atoms with Crippen LogP contribution in [-0.2, 0) is 4.79 Å². The fourth-order valence-electron chi connectivity index (χ4n) is 1.22. The molecule has 0 aliphatic carbocycles. The molecule has 1 aromatic rings. The Kier molecular flexibility index (Phi) is 4.68. The van der Waals surface area contributed by atoms with Crippen LogP contribution in [0.15, 0.2) is 24.3 Å². The Morgan fingerprint density at radius 1 is 1.27 bits per heavy atom. The summed E-state index contributed by atoms with van der Waals surface area (Å²) in [4.78, 5) is 11.3. The SMILES string of the molecule is CCCCCC(=O)Oc1ccc(O)cc1. The normalized spacial score (nSPS) is 9.93. The van der Waals surface area contributed by atoms with E-state index in [4.69, 9.17) is 9.84 Å². The number of esters is 1. The maximum Gasteiger partial charge on any atom is 0.311 e. The molecule has 0 aliphatic rings. The fourth-order valence-corrected chi connectivity index (χ4v) is 1.22. The highest BCUT2D eigenvalue weighted by molar-refractivity contribution is 5.72. The number of carbonyl (C=O) groups excluding carboxylic acids is 1. The van der Waals surface area contributed by atoms with Crippen molar-refractivity contribution in [2.75, 3.05) is 0 Å². The number of carbonyl (C=O) groups is 1. The van der Waals surface area contributed by atoms with Crippen LogP contribution in [0.4, 0.5) is 0 Å². The molecule has 0 aromatic heterocycles. The Bertz CT molecular complexity index is 303. The summed E-state index contributed by atoms with van der Waals surface area (Å²) in [5.41, 5.74) is 0. The van der Waals surface area contributed by atoms with Gasteiger partial charge < -0.3 is 9.84 Å². The summed E-state index contributed by atoms with van der Waals surface area (Å²) in [6, 6.07) is 6.14. The average molecular weight is 208 g/mol. The minimum Gasteiger partial charge on any atom is -0.508 e. The van der Waals surface area contributed by atoms with E-state index in [1.807, 2.05) is 0 Å². The van der Waals surface area contributed by atoms with Gasteiger partial charge in [-0.05, 0) is 30.7 Å². The molecule has 0 atom stereocenters. The van der Waals surface area contributed by atoms with Crippen molar-refractivity contribution in [3.05, 3.63) is 24.3 Å². The van der Waals surface area contributed by atoms with Gasteiger partial charge in [-0.25, -0.2) is 0 Å². The Labute approximate surface area is 89.7 Å². The number of rotatable bonds is 5. The lowest BCUT2D eigenvalue weighted by atomic mass is 10.2. The van der Waals surface area contributed by atoms with Gasteiger partial charge in [0, 0.05) is 6.42 Å². The number of aromatic hydroxyl groups is 1. The van der Waals surface area contributed by atoms with Gasteiger partial charge in [-0.3, -0.25) is 4.79 Å². The summed E-state index contributed by atoms with van der Waals surface area (Å²) < 4.78 is 5.07. The third-order valence-corrected chi connectivity index (χ3v) is 2.05. The van der Waals surface area contributed by atoms with E-state index < -0.39 is 0 Å². The van der Waals surface area contributed by atoms with Crippen LogP contribution in [0, 0.1) is 0 Å². The molecule has 3 heteroatoms. The monoisotopic (exact) mass is 208 g/mol. The summed E-state index contributed by atoms with van der Waals surface area (Å²) in [7, 11) is 0. The molecule has 15 heavy (non-hydrogen) atoms. The van der Waals surface area contributed by atoms with Gasteiger partial charge in [0.05, 0.1) is 0 Å². The minimum absolute atomic E-state index is 0.167. The van der Waals surface area contributed by atoms with E-state index in [1.54, 1.807) is 12.1 Å². The standard InChI is InChI=1S/C12H16O3/c1-2-3-4-5-12(14)15-11-8-6-10(13)7-9-11/h6-9,13H,2-5H2,1H3. The highest BCUT2D eigenvalue weighted by Crippen LogP contribution is 2.16. The smallest absolute Gasteiger partial charge is 0.311 e. The zero-order valence-corrected chi connectivity index (χ0v) is 8.90. The quantitative estimate of drug-likeness (QED) is 0.459. The molecule has 82 valence electrons. The zero-order valence-electron chi connectivity index (χ0n) is 8.90. The topological polar surface area (TPSA) is 46.5 Å². The minimum atomic E-state index is -0.214. The maximum atomic E-state index is 11.3. The molecule has 0 radical (unpaired) electrons. The van der Waals surface area contributed by atoms with E-state index in [1.165, 1.54) is 12.1 Å². The summed E-state index contributed by atoms with van der Waals surface area (Å²) >= 11 is 0. The van der Waals surface area contributed by atoms with Crippen LogP contribution in [0.2, 0.25) is 0 Å². The van der Waals surface area contributed by atoms with Crippen molar-refractivity contribution in [3.8, 4) is 11.5 Å². The van der Waals surface area contributed by atoms with E-state index in [0.717, 1.165) is 19.3 Å². The Hall–Kier alpha value is -1.51. The highest BCUT2D eigenvalue weighted by Gasteiger charge is 2.03. The van der Waals surface area contributed by atoms with Gasteiger partial charge in [-0.2, -0.15) is 0 Å². The van der Waals surface area contributed by atoms with Gasteiger partial charge in [-0.15, -0.1) is 0 Å². The number of benzene rings is 1. The first kappa shape index (κ1) is 11.6. The molecule has 1 rings (SSSR count). The second-order valence-electron chi connectivity index (χ2n) is 3.43. The van der Waals surface area contributed by atoms with Crippen LogP contribution < -0.4 is 4.74 Å². The average Bonchev–Trinajstić information content (AvgIpc) is 2.22. The molecule has 0 saturated carbocycles. The molecule has 0 saturated heterocycles. The van der Waals surface area contributed by atoms with Gasteiger partial charge in [0.2, 0.25) is 0 Å².